The van der Waals surface area contributed by atoms with Crippen molar-refractivity contribution < 1.29 is 14.3 Å². The number of nitrogens with one attached hydrogen (secondary N) is 1. The molecule has 0 saturated heterocycles. The first kappa shape index (κ1) is 13.2. The third-order valence-corrected chi connectivity index (χ3v) is 3.04. The SMILES string of the molecule is CONCc1cc2c(cc1C(C)C)OCCCO2. The number of hydrogen-bond donors (Lipinski definition) is 1. The molecule has 0 atom stereocenters. The second-order valence-electron chi connectivity index (χ2n) is 4.73. The van der Waals surface area contributed by atoms with Crippen LogP contribution in [0.15, 0.2) is 12.1 Å². The van der Waals surface area contributed by atoms with Gasteiger partial charge in [-0.15, -0.1) is 0 Å². The molecule has 100 valence electrons. The molecule has 4 nitrogen and oxygen atoms in total. The summed E-state index contributed by atoms with van der Waals surface area (Å²) >= 11 is 0. The van der Waals surface area contributed by atoms with Crippen LogP contribution in [0, 0.1) is 0 Å². The minimum absolute atomic E-state index is 0.441. The summed E-state index contributed by atoms with van der Waals surface area (Å²) in [5, 5.41) is 0. The third kappa shape index (κ3) is 2.94. The molecular weight excluding hydrogens is 230 g/mol. The zero-order valence-electron chi connectivity index (χ0n) is 11.3. The van der Waals surface area contributed by atoms with E-state index in [4.69, 9.17) is 14.3 Å². The first-order valence-corrected chi connectivity index (χ1v) is 6.40. The van der Waals surface area contributed by atoms with Crippen LogP contribution in [0.3, 0.4) is 0 Å². The minimum Gasteiger partial charge on any atom is -0.490 e. The van der Waals surface area contributed by atoms with Crippen molar-refractivity contribution in [2.75, 3.05) is 20.3 Å². The molecule has 0 bridgehead atoms. The van der Waals surface area contributed by atoms with E-state index in [-0.39, 0.29) is 0 Å². The van der Waals surface area contributed by atoms with E-state index in [9.17, 15) is 0 Å². The fourth-order valence-corrected chi connectivity index (χ4v) is 2.11. The summed E-state index contributed by atoms with van der Waals surface area (Å²) in [7, 11) is 1.62. The van der Waals surface area contributed by atoms with Crippen molar-refractivity contribution in [3.05, 3.63) is 23.3 Å². The van der Waals surface area contributed by atoms with Crippen LogP contribution in [0.5, 0.6) is 11.5 Å². The number of ether oxygens (including phenoxy) is 2. The number of hydroxylamine groups is 1. The summed E-state index contributed by atoms with van der Waals surface area (Å²) in [6.45, 7) is 6.46. The van der Waals surface area contributed by atoms with Gasteiger partial charge in [-0.25, -0.2) is 0 Å². The fraction of sp³-hybridized carbons (Fsp3) is 0.571. The van der Waals surface area contributed by atoms with E-state index in [1.54, 1.807) is 7.11 Å². The van der Waals surface area contributed by atoms with E-state index in [0.29, 0.717) is 19.1 Å². The molecule has 4 heteroatoms. The van der Waals surface area contributed by atoms with Crippen molar-refractivity contribution in [2.24, 2.45) is 0 Å². The number of benzene rings is 1. The number of rotatable bonds is 4. The Morgan fingerprint density at radius 1 is 1.22 bits per heavy atom. The molecular formula is C14H21NO3. The van der Waals surface area contributed by atoms with Crippen LogP contribution >= 0.6 is 0 Å². The zero-order valence-corrected chi connectivity index (χ0v) is 11.3. The topological polar surface area (TPSA) is 39.7 Å². The summed E-state index contributed by atoms with van der Waals surface area (Å²) in [5.41, 5.74) is 5.34. The maximum Gasteiger partial charge on any atom is 0.161 e. The van der Waals surface area contributed by atoms with Gasteiger partial charge in [-0.1, -0.05) is 13.8 Å². The Morgan fingerprint density at radius 3 is 2.50 bits per heavy atom. The maximum atomic E-state index is 5.72. The lowest BCUT2D eigenvalue weighted by atomic mass is 9.96. The van der Waals surface area contributed by atoms with E-state index < -0.39 is 0 Å². The lowest BCUT2D eigenvalue weighted by Crippen LogP contribution is -2.13. The zero-order chi connectivity index (χ0) is 13.0. The molecule has 0 aliphatic carbocycles. The highest BCUT2D eigenvalue weighted by molar-refractivity contribution is 5.48. The fourth-order valence-electron chi connectivity index (χ4n) is 2.11. The first-order valence-electron chi connectivity index (χ1n) is 6.40. The minimum atomic E-state index is 0.441. The Morgan fingerprint density at radius 2 is 1.89 bits per heavy atom. The van der Waals surface area contributed by atoms with Crippen LogP contribution in [-0.2, 0) is 11.4 Å². The van der Waals surface area contributed by atoms with Crippen molar-refractivity contribution in [3.8, 4) is 11.5 Å². The summed E-state index contributed by atoms with van der Waals surface area (Å²) in [6, 6.07) is 4.15. The van der Waals surface area contributed by atoms with Crippen LogP contribution in [0.1, 0.15) is 37.3 Å². The molecule has 2 rings (SSSR count). The Hall–Kier alpha value is -1.26. The lowest BCUT2D eigenvalue weighted by Gasteiger charge is -2.17. The van der Waals surface area contributed by atoms with Gasteiger partial charge in [0.25, 0.3) is 0 Å². The van der Waals surface area contributed by atoms with Crippen LogP contribution in [0.4, 0.5) is 0 Å². The molecule has 0 radical (unpaired) electrons. The molecule has 1 N–H and O–H groups in total. The van der Waals surface area contributed by atoms with Crippen LogP contribution < -0.4 is 15.0 Å². The summed E-state index contributed by atoms with van der Waals surface area (Å²) < 4.78 is 11.4. The lowest BCUT2D eigenvalue weighted by molar-refractivity contribution is 0.0864. The maximum absolute atomic E-state index is 5.72. The van der Waals surface area contributed by atoms with Gasteiger partial charge in [0.05, 0.1) is 20.3 Å². The molecule has 0 unspecified atom stereocenters. The molecule has 1 aromatic rings. The van der Waals surface area contributed by atoms with Crippen LogP contribution in [0.25, 0.3) is 0 Å². The molecule has 0 fully saturated rings. The summed E-state index contributed by atoms with van der Waals surface area (Å²) in [4.78, 5) is 4.93. The highest BCUT2D eigenvalue weighted by Gasteiger charge is 2.16. The van der Waals surface area contributed by atoms with Gasteiger partial charge in [0.15, 0.2) is 11.5 Å². The first-order chi connectivity index (χ1) is 8.72. The van der Waals surface area contributed by atoms with Crippen molar-refractivity contribution in [2.45, 2.75) is 32.7 Å². The molecule has 1 aliphatic rings. The normalized spacial score (nSPS) is 14.7. The van der Waals surface area contributed by atoms with Gasteiger partial charge in [-0.2, -0.15) is 5.48 Å². The number of hydrogen-bond acceptors (Lipinski definition) is 4. The molecule has 1 heterocycles. The second-order valence-corrected chi connectivity index (χ2v) is 4.73. The molecule has 18 heavy (non-hydrogen) atoms. The monoisotopic (exact) mass is 251 g/mol. The van der Waals surface area contributed by atoms with Gasteiger partial charge in [-0.3, -0.25) is 0 Å². The van der Waals surface area contributed by atoms with Gasteiger partial charge in [0, 0.05) is 13.0 Å². The van der Waals surface area contributed by atoms with Gasteiger partial charge < -0.3 is 14.3 Å². The van der Waals surface area contributed by atoms with E-state index in [2.05, 4.69) is 31.5 Å². The number of fused-ring (bicyclic) bond motifs is 1. The third-order valence-electron chi connectivity index (χ3n) is 3.04. The predicted molar refractivity (Wildman–Crippen MR) is 70.0 cm³/mol. The van der Waals surface area contributed by atoms with Gasteiger partial charge in [0.1, 0.15) is 0 Å². The Kier molecular flexibility index (Phi) is 4.44. The smallest absolute Gasteiger partial charge is 0.161 e. The van der Waals surface area contributed by atoms with E-state index >= 15 is 0 Å². The van der Waals surface area contributed by atoms with Crippen LogP contribution in [0.2, 0.25) is 0 Å². The second kappa shape index (κ2) is 6.07. The Balaban J connectivity index is 2.34. The van der Waals surface area contributed by atoms with Crippen molar-refractivity contribution in [1.82, 2.24) is 5.48 Å². The molecule has 0 amide bonds. The Labute approximate surface area is 108 Å². The van der Waals surface area contributed by atoms with Crippen molar-refractivity contribution in [3.63, 3.8) is 0 Å². The predicted octanol–water partition coefficient (Wildman–Crippen LogP) is 2.62. The van der Waals surface area contributed by atoms with E-state index in [1.165, 1.54) is 11.1 Å². The summed E-state index contributed by atoms with van der Waals surface area (Å²) in [6.07, 6.45) is 0.928. The molecule has 0 saturated carbocycles. The average Bonchev–Trinajstić information content (AvgIpc) is 2.59. The molecule has 1 aliphatic heterocycles. The van der Waals surface area contributed by atoms with Gasteiger partial charge >= 0.3 is 0 Å². The molecule has 0 aromatic heterocycles. The highest BCUT2D eigenvalue weighted by Crippen LogP contribution is 2.35. The standard InChI is InChI=1S/C14H21NO3/c1-10(2)12-8-14-13(17-5-4-6-18-14)7-11(12)9-15-16-3/h7-8,10,15H,4-6,9H2,1-3H3. The van der Waals surface area contributed by atoms with E-state index in [0.717, 1.165) is 24.5 Å². The van der Waals surface area contributed by atoms with Gasteiger partial charge in [0.2, 0.25) is 0 Å². The Bertz CT molecular complexity index is 404. The molecule has 0 spiro atoms. The van der Waals surface area contributed by atoms with Gasteiger partial charge in [-0.05, 0) is 29.2 Å². The van der Waals surface area contributed by atoms with Crippen molar-refractivity contribution >= 4 is 0 Å². The summed E-state index contributed by atoms with van der Waals surface area (Å²) in [5.74, 6) is 2.14. The van der Waals surface area contributed by atoms with E-state index in [1.807, 2.05) is 0 Å². The highest BCUT2D eigenvalue weighted by atomic mass is 16.6. The largest absolute Gasteiger partial charge is 0.490 e. The quantitative estimate of drug-likeness (QED) is 0.835. The average molecular weight is 251 g/mol. The van der Waals surface area contributed by atoms with Crippen molar-refractivity contribution in [1.29, 1.82) is 0 Å². The van der Waals surface area contributed by atoms with Crippen LogP contribution in [-0.4, -0.2) is 20.3 Å². The molecule has 1 aromatic carbocycles.